The first kappa shape index (κ1) is 13.0. The number of pyridine rings is 1. The summed E-state index contributed by atoms with van der Waals surface area (Å²) in [4.78, 5) is 12.1. The lowest BCUT2D eigenvalue weighted by Crippen LogP contribution is -2.48. The fourth-order valence-corrected chi connectivity index (χ4v) is 1.75. The van der Waals surface area contributed by atoms with E-state index in [1.807, 2.05) is 37.3 Å². The van der Waals surface area contributed by atoms with Crippen molar-refractivity contribution in [2.45, 2.75) is 13.3 Å². The van der Waals surface area contributed by atoms with Gasteiger partial charge in [0, 0.05) is 12.1 Å². The van der Waals surface area contributed by atoms with E-state index in [2.05, 4.69) is 6.58 Å². The van der Waals surface area contributed by atoms with Gasteiger partial charge in [0.2, 0.25) is 0 Å². The lowest BCUT2D eigenvalue weighted by molar-refractivity contribution is -0.590. The monoisotopic (exact) mass is 254 g/mol. The average molecular weight is 254 g/mol. The number of ether oxygens (including phenoxy) is 1. The van der Waals surface area contributed by atoms with Gasteiger partial charge in [-0.1, -0.05) is 41.0 Å². The van der Waals surface area contributed by atoms with Crippen LogP contribution in [0.3, 0.4) is 0 Å². The molecule has 0 unspecified atom stereocenters. The SMILES string of the molecule is C=C(C)Cc1cccc[n+]1C(=O)Oc1ccccc1. The molecule has 1 aromatic carbocycles. The summed E-state index contributed by atoms with van der Waals surface area (Å²) < 4.78 is 6.82. The van der Waals surface area contributed by atoms with E-state index in [9.17, 15) is 4.79 Å². The molecule has 0 spiro atoms. The Hall–Kier alpha value is -2.42. The predicted molar refractivity (Wildman–Crippen MR) is 73.0 cm³/mol. The highest BCUT2D eigenvalue weighted by Gasteiger charge is 2.22. The Morgan fingerprint density at radius 2 is 1.84 bits per heavy atom. The lowest BCUT2D eigenvalue weighted by atomic mass is 10.2. The summed E-state index contributed by atoms with van der Waals surface area (Å²) >= 11 is 0. The maximum absolute atomic E-state index is 12.1. The Balaban J connectivity index is 2.21. The molecule has 2 rings (SSSR count). The Morgan fingerprint density at radius 1 is 1.16 bits per heavy atom. The summed E-state index contributed by atoms with van der Waals surface area (Å²) in [5, 5.41) is 0. The number of allylic oxidation sites excluding steroid dienone is 1. The number of benzene rings is 1. The third-order valence-corrected chi connectivity index (χ3v) is 2.57. The van der Waals surface area contributed by atoms with Crippen molar-refractivity contribution in [3.63, 3.8) is 0 Å². The van der Waals surface area contributed by atoms with Crippen molar-refractivity contribution in [3.05, 3.63) is 72.6 Å². The maximum atomic E-state index is 12.1. The molecule has 0 saturated carbocycles. The molecule has 3 heteroatoms. The van der Waals surface area contributed by atoms with Crippen LogP contribution in [0.5, 0.6) is 5.75 Å². The normalized spacial score (nSPS) is 9.95. The van der Waals surface area contributed by atoms with Gasteiger partial charge >= 0.3 is 6.09 Å². The van der Waals surface area contributed by atoms with Crippen LogP contribution >= 0.6 is 0 Å². The average Bonchev–Trinajstić information content (AvgIpc) is 2.39. The molecule has 2 aromatic rings. The van der Waals surface area contributed by atoms with Crippen molar-refractivity contribution in [1.29, 1.82) is 0 Å². The Labute approximate surface area is 112 Å². The van der Waals surface area contributed by atoms with Gasteiger partial charge in [-0.25, -0.2) is 0 Å². The van der Waals surface area contributed by atoms with Gasteiger partial charge < -0.3 is 4.74 Å². The number of hydrogen-bond acceptors (Lipinski definition) is 2. The molecule has 1 heterocycles. The van der Waals surface area contributed by atoms with Gasteiger partial charge in [0.15, 0.2) is 11.9 Å². The van der Waals surface area contributed by atoms with Crippen molar-refractivity contribution < 1.29 is 14.1 Å². The fourth-order valence-electron chi connectivity index (χ4n) is 1.75. The van der Waals surface area contributed by atoms with E-state index in [0.717, 1.165) is 11.3 Å². The molecule has 0 bridgehead atoms. The number of nitrogens with zero attached hydrogens (tertiary/aromatic N) is 1. The second-order valence-electron chi connectivity index (χ2n) is 4.38. The minimum atomic E-state index is -0.414. The number of hydrogen-bond donors (Lipinski definition) is 0. The van der Waals surface area contributed by atoms with Gasteiger partial charge in [-0.05, 0) is 19.1 Å². The van der Waals surface area contributed by atoms with Crippen LogP contribution in [0.1, 0.15) is 12.6 Å². The third-order valence-electron chi connectivity index (χ3n) is 2.57. The molecule has 0 saturated heterocycles. The fraction of sp³-hybridized carbons (Fsp3) is 0.125. The van der Waals surface area contributed by atoms with E-state index in [-0.39, 0.29) is 0 Å². The first-order valence-electron chi connectivity index (χ1n) is 6.08. The van der Waals surface area contributed by atoms with Crippen molar-refractivity contribution in [2.24, 2.45) is 0 Å². The van der Waals surface area contributed by atoms with Crippen LogP contribution in [0.4, 0.5) is 4.79 Å². The molecule has 96 valence electrons. The van der Waals surface area contributed by atoms with Crippen LogP contribution in [0, 0.1) is 0 Å². The third kappa shape index (κ3) is 3.52. The maximum Gasteiger partial charge on any atom is 0.607 e. The number of aromatic nitrogens is 1. The van der Waals surface area contributed by atoms with Gasteiger partial charge in [0.25, 0.3) is 0 Å². The lowest BCUT2D eigenvalue weighted by Gasteiger charge is -2.02. The summed E-state index contributed by atoms with van der Waals surface area (Å²) in [7, 11) is 0. The summed E-state index contributed by atoms with van der Waals surface area (Å²) in [6, 6.07) is 14.6. The second-order valence-corrected chi connectivity index (χ2v) is 4.38. The van der Waals surface area contributed by atoms with Crippen LogP contribution in [0.15, 0.2) is 66.9 Å². The molecule has 1 aromatic heterocycles. The molecule has 0 radical (unpaired) electrons. The summed E-state index contributed by atoms with van der Waals surface area (Å²) in [6.45, 7) is 5.80. The number of rotatable bonds is 3. The molecule has 19 heavy (non-hydrogen) atoms. The summed E-state index contributed by atoms with van der Waals surface area (Å²) in [6.07, 6.45) is 1.93. The van der Waals surface area contributed by atoms with Crippen LogP contribution < -0.4 is 9.30 Å². The van der Waals surface area contributed by atoms with Crippen LogP contribution in [0.25, 0.3) is 0 Å². The van der Waals surface area contributed by atoms with Crippen molar-refractivity contribution in [3.8, 4) is 5.75 Å². The molecule has 0 aliphatic rings. The van der Waals surface area contributed by atoms with E-state index in [0.29, 0.717) is 12.2 Å². The van der Waals surface area contributed by atoms with Gasteiger partial charge in [-0.15, -0.1) is 0 Å². The van der Waals surface area contributed by atoms with Crippen molar-refractivity contribution >= 4 is 6.09 Å². The van der Waals surface area contributed by atoms with E-state index in [1.165, 1.54) is 4.57 Å². The molecule has 0 amide bonds. The Kier molecular flexibility index (Phi) is 4.08. The first-order valence-corrected chi connectivity index (χ1v) is 6.08. The van der Waals surface area contributed by atoms with Gasteiger partial charge in [0.05, 0.1) is 6.42 Å². The van der Waals surface area contributed by atoms with E-state index >= 15 is 0 Å². The van der Waals surface area contributed by atoms with Crippen molar-refractivity contribution in [2.75, 3.05) is 0 Å². The zero-order chi connectivity index (χ0) is 13.7. The van der Waals surface area contributed by atoms with Crippen LogP contribution in [0.2, 0.25) is 0 Å². The molecule has 3 nitrogen and oxygen atoms in total. The number of para-hydroxylation sites is 1. The van der Waals surface area contributed by atoms with Gasteiger partial charge in [0.1, 0.15) is 5.75 Å². The Bertz CT molecular complexity index is 591. The highest BCUT2D eigenvalue weighted by atomic mass is 16.6. The number of carbonyl (C=O) groups excluding carboxylic acids is 1. The zero-order valence-electron chi connectivity index (χ0n) is 10.9. The standard InChI is InChI=1S/C16H16NO2/c1-13(2)12-14-8-6-7-11-17(14)16(18)19-15-9-4-3-5-10-15/h3-11H,1,12H2,2H3/q+1. The molecular formula is C16H16NO2+. The summed E-state index contributed by atoms with van der Waals surface area (Å²) in [5.41, 5.74) is 1.85. The molecule has 0 fully saturated rings. The van der Waals surface area contributed by atoms with Crippen molar-refractivity contribution in [1.82, 2.24) is 0 Å². The first-order chi connectivity index (χ1) is 9.16. The summed E-state index contributed by atoms with van der Waals surface area (Å²) in [5.74, 6) is 0.533. The highest BCUT2D eigenvalue weighted by molar-refractivity contribution is 5.61. The molecule has 0 aliphatic heterocycles. The quantitative estimate of drug-likeness (QED) is 0.622. The molecular weight excluding hydrogens is 238 g/mol. The van der Waals surface area contributed by atoms with E-state index < -0.39 is 6.09 Å². The Morgan fingerprint density at radius 3 is 2.53 bits per heavy atom. The molecule has 0 aliphatic carbocycles. The van der Waals surface area contributed by atoms with E-state index in [4.69, 9.17) is 4.74 Å². The van der Waals surface area contributed by atoms with Crippen LogP contribution in [-0.4, -0.2) is 6.09 Å². The zero-order valence-corrected chi connectivity index (χ0v) is 10.9. The van der Waals surface area contributed by atoms with Gasteiger partial charge in [-0.2, -0.15) is 4.79 Å². The van der Waals surface area contributed by atoms with Gasteiger partial charge in [-0.3, -0.25) is 0 Å². The minimum absolute atomic E-state index is 0.414. The smallest absolute Gasteiger partial charge is 0.372 e. The molecule has 0 N–H and O–H groups in total. The minimum Gasteiger partial charge on any atom is -0.372 e. The topological polar surface area (TPSA) is 30.2 Å². The molecule has 0 atom stereocenters. The largest absolute Gasteiger partial charge is 0.607 e. The number of carbonyl (C=O) groups is 1. The van der Waals surface area contributed by atoms with Crippen LogP contribution in [-0.2, 0) is 6.42 Å². The highest BCUT2D eigenvalue weighted by Crippen LogP contribution is 2.08. The predicted octanol–water partition coefficient (Wildman–Crippen LogP) is 3.14. The van der Waals surface area contributed by atoms with E-state index in [1.54, 1.807) is 24.4 Å². The second kappa shape index (κ2) is 5.96.